The van der Waals surface area contributed by atoms with Gasteiger partial charge in [-0.1, -0.05) is 57.6 Å². The lowest BCUT2D eigenvalue weighted by molar-refractivity contribution is -0.160. The third kappa shape index (κ3) is 10.7. The molecule has 2 N–H and O–H groups in total. The highest BCUT2D eigenvalue weighted by Gasteiger charge is 2.41. The third-order valence-electron chi connectivity index (χ3n) is 10.7. The fourth-order valence-corrected chi connectivity index (χ4v) is 8.43. The van der Waals surface area contributed by atoms with Crippen LogP contribution >= 0.6 is 12.6 Å². The summed E-state index contributed by atoms with van der Waals surface area (Å²) in [4.78, 5) is 37.9. The first-order valence-electron chi connectivity index (χ1n) is 18.0. The van der Waals surface area contributed by atoms with Gasteiger partial charge in [-0.05, 0) is 118 Å². The number of carboxylic acids is 1. The van der Waals surface area contributed by atoms with E-state index >= 15 is 0 Å². The molecule has 0 heterocycles. The summed E-state index contributed by atoms with van der Waals surface area (Å²) in [7, 11) is 0. The Labute approximate surface area is 276 Å². The number of hydrogen-bond donors (Lipinski definition) is 3. The van der Waals surface area contributed by atoms with Crippen molar-refractivity contribution < 1.29 is 29.0 Å². The molecule has 0 bridgehead atoms. The Morgan fingerprint density at radius 1 is 0.956 bits per heavy atom. The van der Waals surface area contributed by atoms with Crippen molar-refractivity contribution in [2.45, 2.75) is 129 Å². The number of nitrogens with one attached hydrogen (secondary N) is 1. The van der Waals surface area contributed by atoms with Gasteiger partial charge in [-0.15, -0.1) is 0 Å². The molecule has 0 aliphatic heterocycles. The maximum absolute atomic E-state index is 13.6. The zero-order valence-corrected chi connectivity index (χ0v) is 28.4. The summed E-state index contributed by atoms with van der Waals surface area (Å²) in [5.74, 6) is 1.72. The quantitative estimate of drug-likeness (QED) is 0.0817. The van der Waals surface area contributed by atoms with E-state index < -0.39 is 5.97 Å². The molecule has 2 saturated carbocycles. The molecule has 252 valence electrons. The molecule has 0 unspecified atom stereocenters. The predicted molar refractivity (Wildman–Crippen MR) is 181 cm³/mol. The van der Waals surface area contributed by atoms with E-state index in [-0.39, 0.29) is 36.4 Å². The fraction of sp³-hybridized carbons (Fsp3) is 0.757. The predicted octanol–water partition coefficient (Wildman–Crippen LogP) is 7.58. The summed E-state index contributed by atoms with van der Waals surface area (Å²) in [6.45, 7) is 2.56. The number of aliphatic carboxylic acids is 1. The molecule has 3 aliphatic carbocycles. The number of carbonyl (C=O) groups excluding carboxylic acids is 2. The van der Waals surface area contributed by atoms with E-state index in [0.29, 0.717) is 24.3 Å². The van der Waals surface area contributed by atoms with Gasteiger partial charge in [0.15, 0.2) is 6.61 Å². The first-order valence-corrected chi connectivity index (χ1v) is 18.6. The van der Waals surface area contributed by atoms with Crippen LogP contribution < -0.4 is 10.1 Å². The number of rotatable bonds is 19. The molecule has 4 rings (SSSR count). The summed E-state index contributed by atoms with van der Waals surface area (Å²) in [5, 5.41) is 12.2. The average molecular weight is 644 g/mol. The number of hydrogen-bond acceptors (Lipinski definition) is 6. The van der Waals surface area contributed by atoms with Crippen molar-refractivity contribution in [3.63, 3.8) is 0 Å². The van der Waals surface area contributed by atoms with E-state index in [2.05, 4.69) is 30.9 Å². The minimum Gasteiger partial charge on any atom is -0.482 e. The molecule has 6 atom stereocenters. The van der Waals surface area contributed by atoms with E-state index in [4.69, 9.17) is 14.6 Å². The van der Waals surface area contributed by atoms with Gasteiger partial charge in [-0.2, -0.15) is 12.6 Å². The van der Waals surface area contributed by atoms with Crippen molar-refractivity contribution in [3.05, 3.63) is 29.3 Å². The SMILES string of the molecule is CCCCC[C@@H](CC[C@H]1CC[C@@H]2Cc3c(cccc3OCC(=O)O)C[C@H]12)OC(=O)[C@@H]1CCCC[C@@H]1C(=O)NCCCCCCS. The van der Waals surface area contributed by atoms with Crippen molar-refractivity contribution in [3.8, 4) is 5.75 Å². The van der Waals surface area contributed by atoms with Gasteiger partial charge in [-0.25, -0.2) is 4.79 Å². The molecule has 1 aromatic carbocycles. The van der Waals surface area contributed by atoms with Crippen LogP contribution in [0.15, 0.2) is 18.2 Å². The van der Waals surface area contributed by atoms with Gasteiger partial charge in [0.05, 0.1) is 11.8 Å². The topological polar surface area (TPSA) is 102 Å². The number of carboxylic acid groups (broad SMARTS) is 1. The van der Waals surface area contributed by atoms with Gasteiger partial charge >= 0.3 is 11.9 Å². The summed E-state index contributed by atoms with van der Waals surface area (Å²) in [6, 6.07) is 6.05. The minimum atomic E-state index is -0.954. The Balaban J connectivity index is 1.32. The zero-order chi connectivity index (χ0) is 32.0. The van der Waals surface area contributed by atoms with Crippen molar-refractivity contribution in [2.75, 3.05) is 18.9 Å². The highest BCUT2D eigenvalue weighted by Crippen LogP contribution is 2.48. The molecule has 2 fully saturated rings. The van der Waals surface area contributed by atoms with Crippen molar-refractivity contribution in [1.29, 1.82) is 0 Å². The van der Waals surface area contributed by atoms with Crippen LogP contribution in [-0.2, 0) is 32.0 Å². The Hall–Kier alpha value is -2.22. The molecule has 7 nitrogen and oxygen atoms in total. The standard InChI is InChI=1S/C37H57NO6S/c1-2-3-6-13-29(44-37(42)31-15-8-7-14-30(31)36(41)38-21-9-4-5-10-22-45)20-19-26-17-18-28-24-33-27(23-32(26)28)12-11-16-34(33)43-25-35(39)40/h11-12,16,26,28-32,45H,2-10,13-15,17-25H2,1H3,(H,38,41)(H,39,40)/t26-,28-,29+,30+,31-,32-/m1/s1. The number of fused-ring (bicyclic) bond motifs is 2. The number of benzene rings is 1. The van der Waals surface area contributed by atoms with E-state index in [1.807, 2.05) is 12.1 Å². The number of amides is 1. The maximum Gasteiger partial charge on any atom is 0.341 e. The lowest BCUT2D eigenvalue weighted by Gasteiger charge is -2.33. The molecule has 1 aromatic rings. The van der Waals surface area contributed by atoms with E-state index in [1.54, 1.807) is 0 Å². The van der Waals surface area contributed by atoms with E-state index in [1.165, 1.54) is 24.0 Å². The van der Waals surface area contributed by atoms with Gasteiger partial charge in [0, 0.05) is 6.54 Å². The van der Waals surface area contributed by atoms with Gasteiger partial charge in [0.2, 0.25) is 5.91 Å². The second-order valence-corrected chi connectivity index (χ2v) is 14.3. The molecular formula is C37H57NO6S. The molecule has 0 radical (unpaired) electrons. The van der Waals surface area contributed by atoms with E-state index in [9.17, 15) is 14.4 Å². The fourth-order valence-electron chi connectivity index (χ4n) is 8.21. The molecular weight excluding hydrogens is 586 g/mol. The number of unbranched alkanes of at least 4 members (excludes halogenated alkanes) is 5. The lowest BCUT2D eigenvalue weighted by Crippen LogP contribution is -2.41. The number of esters is 1. The van der Waals surface area contributed by atoms with Crippen LogP contribution in [0.4, 0.5) is 0 Å². The van der Waals surface area contributed by atoms with Gasteiger partial charge in [0.25, 0.3) is 0 Å². The van der Waals surface area contributed by atoms with Gasteiger partial charge in [0.1, 0.15) is 11.9 Å². The van der Waals surface area contributed by atoms with Crippen LogP contribution in [0.5, 0.6) is 5.75 Å². The second-order valence-electron chi connectivity index (χ2n) is 13.8. The van der Waals surface area contributed by atoms with Crippen LogP contribution in [0.2, 0.25) is 0 Å². The third-order valence-corrected chi connectivity index (χ3v) is 11.0. The first kappa shape index (κ1) is 35.6. The Kier molecular flexibility index (Phi) is 14.9. The van der Waals surface area contributed by atoms with Crippen LogP contribution in [0.1, 0.15) is 121 Å². The maximum atomic E-state index is 13.6. The molecule has 0 aromatic heterocycles. The molecule has 1 amide bonds. The molecule has 0 spiro atoms. The lowest BCUT2D eigenvalue weighted by atomic mass is 9.73. The largest absolute Gasteiger partial charge is 0.482 e. The number of ether oxygens (including phenoxy) is 2. The van der Waals surface area contributed by atoms with Crippen LogP contribution in [0.25, 0.3) is 0 Å². The molecule has 8 heteroatoms. The number of carbonyl (C=O) groups is 3. The normalized spacial score (nSPS) is 24.7. The highest BCUT2D eigenvalue weighted by atomic mass is 32.1. The Bertz CT molecular complexity index is 1090. The van der Waals surface area contributed by atoms with Crippen molar-refractivity contribution in [2.24, 2.45) is 29.6 Å². The summed E-state index contributed by atoms with van der Waals surface area (Å²) < 4.78 is 11.9. The average Bonchev–Trinajstić information content (AvgIpc) is 3.44. The zero-order valence-electron chi connectivity index (χ0n) is 27.5. The van der Waals surface area contributed by atoms with Crippen LogP contribution in [0.3, 0.4) is 0 Å². The van der Waals surface area contributed by atoms with Gasteiger partial charge < -0.3 is 19.9 Å². The number of thiol groups is 1. The summed E-state index contributed by atoms with van der Waals surface area (Å²) in [6.07, 6.45) is 18.1. The molecule has 3 aliphatic rings. The van der Waals surface area contributed by atoms with Gasteiger partial charge in [-0.3, -0.25) is 9.59 Å². The summed E-state index contributed by atoms with van der Waals surface area (Å²) >= 11 is 4.27. The Morgan fingerprint density at radius 2 is 1.76 bits per heavy atom. The first-order chi connectivity index (χ1) is 21.9. The second kappa shape index (κ2) is 18.8. The molecule has 0 saturated heterocycles. The van der Waals surface area contributed by atoms with Crippen molar-refractivity contribution >= 4 is 30.5 Å². The Morgan fingerprint density at radius 3 is 2.53 bits per heavy atom. The smallest absolute Gasteiger partial charge is 0.341 e. The van der Waals surface area contributed by atoms with Crippen LogP contribution in [0, 0.1) is 29.6 Å². The monoisotopic (exact) mass is 643 g/mol. The minimum absolute atomic E-state index is 0.0273. The summed E-state index contributed by atoms with van der Waals surface area (Å²) in [5.41, 5.74) is 2.47. The molecule has 45 heavy (non-hydrogen) atoms. The highest BCUT2D eigenvalue weighted by molar-refractivity contribution is 7.80. The van der Waals surface area contributed by atoms with Crippen LogP contribution in [-0.4, -0.2) is 48.0 Å². The van der Waals surface area contributed by atoms with E-state index in [0.717, 1.165) is 114 Å². The van der Waals surface area contributed by atoms with Crippen molar-refractivity contribution in [1.82, 2.24) is 5.32 Å².